The molecular weight excluding hydrogens is 206 g/mol. The predicted octanol–water partition coefficient (Wildman–Crippen LogP) is 3.76. The quantitative estimate of drug-likeness (QED) is 0.713. The first-order chi connectivity index (χ1) is 8.23. The van der Waals surface area contributed by atoms with Gasteiger partial charge in [-0.3, -0.25) is 0 Å². The first-order valence-electron chi connectivity index (χ1n) is 7.51. The summed E-state index contributed by atoms with van der Waals surface area (Å²) < 4.78 is 0. The van der Waals surface area contributed by atoms with Gasteiger partial charge in [-0.2, -0.15) is 0 Å². The third kappa shape index (κ3) is 2.19. The van der Waals surface area contributed by atoms with E-state index < -0.39 is 0 Å². The van der Waals surface area contributed by atoms with Crippen LogP contribution < -0.4 is 5.32 Å². The van der Waals surface area contributed by atoms with Crippen LogP contribution in [0.15, 0.2) is 12.7 Å². The lowest BCUT2D eigenvalue weighted by Gasteiger charge is -2.57. The Balaban J connectivity index is 1.71. The van der Waals surface area contributed by atoms with Gasteiger partial charge >= 0.3 is 0 Å². The van der Waals surface area contributed by atoms with Crippen LogP contribution in [0.3, 0.4) is 0 Å². The summed E-state index contributed by atoms with van der Waals surface area (Å²) in [6, 6.07) is 0.670. The Morgan fingerprint density at radius 2 is 1.71 bits per heavy atom. The number of hydrogen-bond donors (Lipinski definition) is 1. The number of nitrogens with one attached hydrogen (secondary N) is 1. The van der Waals surface area contributed by atoms with Crippen molar-refractivity contribution >= 4 is 0 Å². The van der Waals surface area contributed by atoms with Gasteiger partial charge in [-0.15, -0.1) is 6.58 Å². The fourth-order valence-corrected chi connectivity index (χ4v) is 5.57. The van der Waals surface area contributed by atoms with E-state index in [1.807, 2.05) is 0 Å². The van der Waals surface area contributed by atoms with Crippen LogP contribution in [0.5, 0.6) is 0 Å². The first kappa shape index (κ1) is 11.8. The highest BCUT2D eigenvalue weighted by atomic mass is 14.9. The van der Waals surface area contributed by atoms with E-state index >= 15 is 0 Å². The fraction of sp³-hybridized carbons (Fsp3) is 0.875. The van der Waals surface area contributed by atoms with E-state index in [0.29, 0.717) is 11.5 Å². The molecule has 0 spiro atoms. The normalized spacial score (nSPS) is 44.9. The van der Waals surface area contributed by atoms with Crippen LogP contribution in [-0.4, -0.2) is 13.1 Å². The van der Waals surface area contributed by atoms with Crippen LogP contribution >= 0.6 is 0 Å². The molecule has 4 aliphatic rings. The van der Waals surface area contributed by atoms with E-state index in [2.05, 4.69) is 25.0 Å². The Morgan fingerprint density at radius 3 is 2.12 bits per heavy atom. The van der Waals surface area contributed by atoms with Crippen LogP contribution in [0.1, 0.15) is 51.4 Å². The molecule has 4 bridgehead atoms. The molecule has 0 saturated heterocycles. The van der Waals surface area contributed by atoms with Crippen molar-refractivity contribution in [2.45, 2.75) is 57.4 Å². The maximum atomic E-state index is 3.90. The second kappa shape index (κ2) is 4.42. The molecule has 0 aliphatic heterocycles. The van der Waals surface area contributed by atoms with E-state index in [1.165, 1.54) is 25.7 Å². The minimum atomic E-state index is 0.670. The third-order valence-corrected chi connectivity index (χ3v) is 5.70. The van der Waals surface area contributed by atoms with Crippen LogP contribution in [0.2, 0.25) is 0 Å². The molecule has 0 amide bonds. The minimum Gasteiger partial charge on any atom is -0.317 e. The highest BCUT2D eigenvalue weighted by molar-refractivity contribution is 5.02. The molecular formula is C16H27N. The largest absolute Gasteiger partial charge is 0.317 e. The number of hydrogen-bond acceptors (Lipinski definition) is 1. The lowest BCUT2D eigenvalue weighted by molar-refractivity contribution is -0.0615. The summed E-state index contributed by atoms with van der Waals surface area (Å²) in [7, 11) is 2.12. The molecule has 0 radical (unpaired) electrons. The van der Waals surface area contributed by atoms with Gasteiger partial charge in [0, 0.05) is 6.04 Å². The molecule has 1 unspecified atom stereocenters. The third-order valence-electron chi connectivity index (χ3n) is 5.70. The molecule has 1 atom stereocenters. The monoisotopic (exact) mass is 233 g/mol. The molecule has 96 valence electrons. The fourth-order valence-electron chi connectivity index (χ4n) is 5.57. The van der Waals surface area contributed by atoms with Gasteiger partial charge in [0.2, 0.25) is 0 Å². The van der Waals surface area contributed by atoms with Crippen molar-refractivity contribution in [1.82, 2.24) is 5.32 Å². The molecule has 17 heavy (non-hydrogen) atoms. The first-order valence-corrected chi connectivity index (χ1v) is 7.51. The molecule has 4 rings (SSSR count). The van der Waals surface area contributed by atoms with Gasteiger partial charge < -0.3 is 5.32 Å². The zero-order valence-electron chi connectivity index (χ0n) is 11.3. The Morgan fingerprint density at radius 1 is 1.18 bits per heavy atom. The van der Waals surface area contributed by atoms with Crippen molar-refractivity contribution < 1.29 is 0 Å². The van der Waals surface area contributed by atoms with Gasteiger partial charge in [-0.1, -0.05) is 6.08 Å². The average molecular weight is 233 g/mol. The molecule has 0 aromatic carbocycles. The average Bonchev–Trinajstić information content (AvgIpc) is 2.26. The van der Waals surface area contributed by atoms with Gasteiger partial charge in [-0.05, 0) is 81.6 Å². The molecule has 1 nitrogen and oxygen atoms in total. The summed E-state index contributed by atoms with van der Waals surface area (Å²) in [4.78, 5) is 0. The molecule has 0 aromatic rings. The second-order valence-electron chi connectivity index (χ2n) is 7.13. The van der Waals surface area contributed by atoms with E-state index in [4.69, 9.17) is 0 Å². The zero-order valence-corrected chi connectivity index (χ0v) is 11.3. The molecule has 1 N–H and O–H groups in total. The molecule has 0 aromatic heterocycles. The van der Waals surface area contributed by atoms with Crippen molar-refractivity contribution in [1.29, 1.82) is 0 Å². The maximum Gasteiger partial charge on any atom is 0.0104 e. The topological polar surface area (TPSA) is 12.0 Å². The van der Waals surface area contributed by atoms with Crippen LogP contribution in [0, 0.1) is 23.2 Å². The second-order valence-corrected chi connectivity index (χ2v) is 7.13. The SMILES string of the molecule is C=CCC(CC12CC3CC(CC(C3)C1)C2)NC. The van der Waals surface area contributed by atoms with Gasteiger partial charge in [-0.25, -0.2) is 0 Å². The molecule has 4 saturated carbocycles. The molecule has 4 fully saturated rings. The van der Waals surface area contributed by atoms with Crippen molar-refractivity contribution in [3.05, 3.63) is 12.7 Å². The van der Waals surface area contributed by atoms with Crippen molar-refractivity contribution in [3.63, 3.8) is 0 Å². The van der Waals surface area contributed by atoms with Gasteiger partial charge in [0.25, 0.3) is 0 Å². The summed E-state index contributed by atoms with van der Waals surface area (Å²) in [5.74, 6) is 3.26. The van der Waals surface area contributed by atoms with Crippen molar-refractivity contribution in [2.75, 3.05) is 7.05 Å². The summed E-state index contributed by atoms with van der Waals surface area (Å²) in [5.41, 5.74) is 0.714. The Kier molecular flexibility index (Phi) is 3.06. The van der Waals surface area contributed by atoms with Crippen LogP contribution in [0.4, 0.5) is 0 Å². The minimum absolute atomic E-state index is 0.670. The lowest BCUT2D eigenvalue weighted by Crippen LogP contribution is -2.48. The van der Waals surface area contributed by atoms with E-state index in [1.54, 1.807) is 19.3 Å². The predicted molar refractivity (Wildman–Crippen MR) is 72.9 cm³/mol. The Bertz CT molecular complexity index is 259. The van der Waals surface area contributed by atoms with Gasteiger partial charge in [0.05, 0.1) is 0 Å². The van der Waals surface area contributed by atoms with E-state index in [-0.39, 0.29) is 0 Å². The smallest absolute Gasteiger partial charge is 0.0104 e. The lowest BCUT2D eigenvalue weighted by atomic mass is 9.48. The maximum absolute atomic E-state index is 3.90. The summed E-state index contributed by atoms with van der Waals surface area (Å²) in [6.07, 6.45) is 13.9. The van der Waals surface area contributed by atoms with Crippen molar-refractivity contribution in [2.24, 2.45) is 23.2 Å². The standard InChI is InChI=1S/C16H27N/c1-3-4-15(17-2)11-16-8-12-5-13(9-16)7-14(6-12)10-16/h3,12-15,17H,1,4-11H2,2H3. The zero-order chi connectivity index (χ0) is 11.9. The highest BCUT2D eigenvalue weighted by Crippen LogP contribution is 2.61. The molecule has 4 aliphatic carbocycles. The number of rotatable bonds is 5. The highest BCUT2D eigenvalue weighted by Gasteiger charge is 2.50. The molecule has 0 heterocycles. The van der Waals surface area contributed by atoms with Crippen molar-refractivity contribution in [3.8, 4) is 0 Å². The Labute approximate surface area is 106 Å². The Hall–Kier alpha value is -0.300. The van der Waals surface area contributed by atoms with E-state index in [0.717, 1.165) is 24.2 Å². The van der Waals surface area contributed by atoms with Crippen LogP contribution in [0.25, 0.3) is 0 Å². The molecule has 1 heteroatoms. The summed E-state index contributed by atoms with van der Waals surface area (Å²) in [6.45, 7) is 3.90. The van der Waals surface area contributed by atoms with Gasteiger partial charge in [0.15, 0.2) is 0 Å². The van der Waals surface area contributed by atoms with E-state index in [9.17, 15) is 0 Å². The van der Waals surface area contributed by atoms with Crippen LogP contribution in [-0.2, 0) is 0 Å². The summed E-state index contributed by atoms with van der Waals surface area (Å²) in [5, 5.41) is 3.51. The van der Waals surface area contributed by atoms with Gasteiger partial charge in [0.1, 0.15) is 0 Å². The summed E-state index contributed by atoms with van der Waals surface area (Å²) >= 11 is 0.